The predicted octanol–water partition coefficient (Wildman–Crippen LogP) is 3.37. The first kappa shape index (κ1) is 13.7. The number of nitro benzene ring substituents is 1. The normalized spacial score (nSPS) is 16.8. The minimum Gasteiger partial charge on any atom is -0.293 e. The van der Waals surface area contributed by atoms with Crippen molar-refractivity contribution in [2.75, 3.05) is 0 Å². The second kappa shape index (κ2) is 4.79. The molecule has 112 valence electrons. The SMILES string of the molecule is O=C1c2ccc([N+](=O)[O-])cc2C(=O)[C@H]1c1nc2ccccc2s1. The van der Waals surface area contributed by atoms with Gasteiger partial charge < -0.3 is 0 Å². The van der Waals surface area contributed by atoms with Gasteiger partial charge in [-0.1, -0.05) is 12.1 Å². The van der Waals surface area contributed by atoms with Crippen LogP contribution in [0.1, 0.15) is 31.6 Å². The molecule has 4 rings (SSSR count). The van der Waals surface area contributed by atoms with Crippen LogP contribution in [-0.2, 0) is 0 Å². The van der Waals surface area contributed by atoms with Gasteiger partial charge in [-0.3, -0.25) is 19.7 Å². The van der Waals surface area contributed by atoms with Crippen molar-refractivity contribution in [3.8, 4) is 0 Å². The summed E-state index contributed by atoms with van der Waals surface area (Å²) in [5.41, 5.74) is 0.864. The fourth-order valence-electron chi connectivity index (χ4n) is 2.73. The van der Waals surface area contributed by atoms with Gasteiger partial charge >= 0.3 is 0 Å². The van der Waals surface area contributed by atoms with Crippen LogP contribution in [0.5, 0.6) is 0 Å². The number of non-ortho nitro benzene ring substituents is 1. The molecule has 0 aliphatic heterocycles. The molecule has 1 aliphatic rings. The van der Waals surface area contributed by atoms with Crippen LogP contribution in [0.2, 0.25) is 0 Å². The molecule has 0 unspecified atom stereocenters. The average molecular weight is 324 g/mol. The van der Waals surface area contributed by atoms with E-state index >= 15 is 0 Å². The van der Waals surface area contributed by atoms with Gasteiger partial charge in [-0.25, -0.2) is 4.98 Å². The quantitative estimate of drug-likeness (QED) is 0.409. The lowest BCUT2D eigenvalue weighted by Gasteiger charge is -2.00. The van der Waals surface area contributed by atoms with Crippen LogP contribution in [0.15, 0.2) is 42.5 Å². The van der Waals surface area contributed by atoms with Gasteiger partial charge in [0.05, 0.1) is 15.1 Å². The molecule has 0 radical (unpaired) electrons. The number of Topliss-reactive ketones (excluding diaryl/α,β-unsaturated/α-hetero) is 2. The third kappa shape index (κ3) is 1.97. The number of nitro groups is 1. The topological polar surface area (TPSA) is 90.2 Å². The summed E-state index contributed by atoms with van der Waals surface area (Å²) in [7, 11) is 0. The second-order valence-corrected chi connectivity index (χ2v) is 6.23. The Morgan fingerprint density at radius 3 is 2.52 bits per heavy atom. The Morgan fingerprint density at radius 1 is 1.04 bits per heavy atom. The summed E-state index contributed by atoms with van der Waals surface area (Å²) in [5, 5.41) is 11.3. The number of carbonyl (C=O) groups is 2. The van der Waals surface area contributed by atoms with Crippen LogP contribution in [0.25, 0.3) is 10.2 Å². The third-order valence-corrected chi connectivity index (χ3v) is 4.93. The first-order valence-corrected chi connectivity index (χ1v) is 7.60. The zero-order valence-corrected chi connectivity index (χ0v) is 12.4. The van der Waals surface area contributed by atoms with E-state index in [1.54, 1.807) is 0 Å². The molecule has 7 heteroatoms. The third-order valence-electron chi connectivity index (χ3n) is 3.83. The number of carbonyl (C=O) groups excluding carboxylic acids is 2. The van der Waals surface area contributed by atoms with Crippen molar-refractivity contribution in [3.63, 3.8) is 0 Å². The Morgan fingerprint density at radius 2 is 1.78 bits per heavy atom. The zero-order valence-electron chi connectivity index (χ0n) is 11.6. The van der Waals surface area contributed by atoms with Crippen molar-refractivity contribution >= 4 is 38.8 Å². The lowest BCUT2D eigenvalue weighted by atomic mass is 10.1. The molecule has 0 fully saturated rings. The fourth-order valence-corrected chi connectivity index (χ4v) is 3.80. The predicted molar refractivity (Wildman–Crippen MR) is 84.1 cm³/mol. The molecule has 0 saturated carbocycles. The van der Waals surface area contributed by atoms with Gasteiger partial charge in [0.15, 0.2) is 11.6 Å². The summed E-state index contributed by atoms with van der Waals surface area (Å²) in [6.45, 7) is 0. The molecule has 1 atom stereocenters. The van der Waals surface area contributed by atoms with Gasteiger partial charge in [-0.15, -0.1) is 11.3 Å². The van der Waals surface area contributed by atoms with Crippen LogP contribution in [0.3, 0.4) is 0 Å². The Hall–Kier alpha value is -2.93. The molecule has 0 amide bonds. The fraction of sp³-hybridized carbons (Fsp3) is 0.0625. The highest BCUT2D eigenvalue weighted by Crippen LogP contribution is 2.38. The molecule has 1 aliphatic carbocycles. The first-order valence-electron chi connectivity index (χ1n) is 6.78. The number of nitrogens with zero attached hydrogens (tertiary/aromatic N) is 2. The van der Waals surface area contributed by atoms with E-state index in [4.69, 9.17) is 0 Å². The number of para-hydroxylation sites is 1. The van der Waals surface area contributed by atoms with Crippen LogP contribution in [0, 0.1) is 10.1 Å². The molecule has 1 aromatic heterocycles. The van der Waals surface area contributed by atoms with E-state index in [-0.39, 0.29) is 22.6 Å². The van der Waals surface area contributed by atoms with Crippen LogP contribution >= 0.6 is 11.3 Å². The maximum atomic E-state index is 12.6. The van der Waals surface area contributed by atoms with Crippen molar-refractivity contribution in [3.05, 3.63) is 68.7 Å². The molecule has 23 heavy (non-hydrogen) atoms. The maximum Gasteiger partial charge on any atom is 0.270 e. The van der Waals surface area contributed by atoms with Crippen LogP contribution in [0.4, 0.5) is 5.69 Å². The molecule has 0 bridgehead atoms. The van der Waals surface area contributed by atoms with Crippen molar-refractivity contribution in [1.82, 2.24) is 4.98 Å². The van der Waals surface area contributed by atoms with Crippen LogP contribution in [-0.4, -0.2) is 21.5 Å². The molecule has 0 saturated heterocycles. The van der Waals surface area contributed by atoms with Gasteiger partial charge in [-0.05, 0) is 18.2 Å². The lowest BCUT2D eigenvalue weighted by Crippen LogP contribution is -2.12. The van der Waals surface area contributed by atoms with Crippen molar-refractivity contribution in [2.45, 2.75) is 5.92 Å². The molecule has 0 N–H and O–H groups in total. The Bertz CT molecular complexity index is 975. The molecular formula is C16H8N2O4S. The number of hydrogen-bond acceptors (Lipinski definition) is 6. The monoisotopic (exact) mass is 324 g/mol. The van der Waals surface area contributed by atoms with E-state index in [1.807, 2.05) is 24.3 Å². The maximum absolute atomic E-state index is 12.6. The minimum absolute atomic E-state index is 0.105. The van der Waals surface area contributed by atoms with Crippen molar-refractivity contribution in [1.29, 1.82) is 0 Å². The number of hydrogen-bond donors (Lipinski definition) is 0. The minimum atomic E-state index is -0.996. The van der Waals surface area contributed by atoms with E-state index in [0.717, 1.165) is 10.2 Å². The smallest absolute Gasteiger partial charge is 0.270 e. The highest BCUT2D eigenvalue weighted by molar-refractivity contribution is 7.18. The van der Waals surface area contributed by atoms with Gasteiger partial charge in [0.25, 0.3) is 5.69 Å². The summed E-state index contributed by atoms with van der Waals surface area (Å²) in [6, 6.07) is 11.1. The average Bonchev–Trinajstić information content (AvgIpc) is 3.06. The second-order valence-electron chi connectivity index (χ2n) is 5.17. The Balaban J connectivity index is 1.83. The summed E-state index contributed by atoms with van der Waals surface area (Å²) in [5.74, 6) is -1.77. The van der Waals surface area contributed by atoms with Gasteiger partial charge in [-0.2, -0.15) is 0 Å². The molecule has 2 aromatic carbocycles. The summed E-state index contributed by atoms with van der Waals surface area (Å²) in [6.07, 6.45) is 0. The zero-order chi connectivity index (χ0) is 16.1. The molecule has 3 aromatic rings. The number of thiazole rings is 1. The van der Waals surface area contributed by atoms with E-state index in [1.165, 1.54) is 29.5 Å². The lowest BCUT2D eigenvalue weighted by molar-refractivity contribution is -0.384. The molecule has 0 spiro atoms. The summed E-state index contributed by atoms with van der Waals surface area (Å²) >= 11 is 1.30. The Labute approximate surface area is 133 Å². The van der Waals surface area contributed by atoms with Gasteiger partial charge in [0.1, 0.15) is 10.9 Å². The molecular weight excluding hydrogens is 316 g/mol. The highest BCUT2D eigenvalue weighted by Gasteiger charge is 2.42. The standard InChI is InChI=1S/C16H8N2O4S/c19-14-9-6-5-8(18(21)22)7-10(9)15(20)13(14)16-17-11-3-1-2-4-12(11)23-16/h1-7,13H/t13-/m0/s1. The largest absolute Gasteiger partial charge is 0.293 e. The first-order chi connectivity index (χ1) is 11.1. The van der Waals surface area contributed by atoms with E-state index < -0.39 is 16.6 Å². The van der Waals surface area contributed by atoms with Crippen LogP contribution < -0.4 is 0 Å². The van der Waals surface area contributed by atoms with Crippen molar-refractivity contribution < 1.29 is 14.5 Å². The van der Waals surface area contributed by atoms with E-state index in [0.29, 0.717) is 5.01 Å². The number of aromatic nitrogens is 1. The van der Waals surface area contributed by atoms with Gasteiger partial charge in [0, 0.05) is 23.3 Å². The summed E-state index contributed by atoms with van der Waals surface area (Å²) in [4.78, 5) is 39.8. The van der Waals surface area contributed by atoms with E-state index in [9.17, 15) is 19.7 Å². The molecule has 1 heterocycles. The van der Waals surface area contributed by atoms with Gasteiger partial charge in [0.2, 0.25) is 0 Å². The number of fused-ring (bicyclic) bond motifs is 2. The van der Waals surface area contributed by atoms with E-state index in [2.05, 4.69) is 4.98 Å². The summed E-state index contributed by atoms with van der Waals surface area (Å²) < 4.78 is 0.894. The molecule has 6 nitrogen and oxygen atoms in total. The number of ketones is 2. The Kier molecular flexibility index (Phi) is 2.85. The highest BCUT2D eigenvalue weighted by atomic mass is 32.1. The number of benzene rings is 2. The number of rotatable bonds is 2. The van der Waals surface area contributed by atoms with Crippen molar-refractivity contribution in [2.24, 2.45) is 0 Å².